The van der Waals surface area contributed by atoms with Crippen molar-refractivity contribution in [3.8, 4) is 96.1 Å². The van der Waals surface area contributed by atoms with Crippen LogP contribution in [0.5, 0.6) is 0 Å². The van der Waals surface area contributed by atoms with Crippen LogP contribution < -0.4 is 0 Å². The number of alkyl halides is 3. The number of nitrogens with zero attached hydrogens (tertiary/aromatic N) is 9. The normalized spacial score (nSPS) is 13.3. The molecular formula is C127H120F5N9Pt4S. The molecule has 0 saturated carbocycles. The van der Waals surface area contributed by atoms with Gasteiger partial charge in [0.15, 0.2) is 0 Å². The second kappa shape index (κ2) is 44.0. The molecule has 19 rings (SSSR count). The second-order valence-electron chi connectivity index (χ2n) is 44.4. The average molecular weight is 2680 g/mol. The number of hydrogen-bond donors (Lipinski definition) is 0. The molecule has 0 fully saturated rings. The zero-order valence-corrected chi connectivity index (χ0v) is 96.7. The molecule has 0 N–H and O–H groups in total. The molecule has 0 unspecified atom stereocenters. The number of aromatic nitrogens is 9. The third-order valence-electron chi connectivity index (χ3n) is 27.7. The Morgan fingerprint density at radius 1 is 0.322 bits per heavy atom. The molecule has 9 heterocycles. The van der Waals surface area contributed by atoms with Crippen LogP contribution in [0.1, 0.15) is 261 Å². The van der Waals surface area contributed by atoms with Crippen LogP contribution in [0.25, 0.3) is 96.1 Å². The molecule has 9 aromatic carbocycles. The van der Waals surface area contributed by atoms with Crippen molar-refractivity contribution in [1.82, 2.24) is 44.7 Å². The van der Waals surface area contributed by atoms with Crippen LogP contribution in [-0.2, 0) is 157 Å². The fourth-order valence-corrected chi connectivity index (χ4v) is 18.5. The summed E-state index contributed by atoms with van der Waals surface area (Å²) in [5.74, 6) is -0.770. The summed E-state index contributed by atoms with van der Waals surface area (Å²) in [6.07, 6.45) is -2.63. The van der Waals surface area contributed by atoms with E-state index in [1.54, 1.807) is 29.1 Å². The molecular weight excluding hydrogens is 2560 g/mol. The van der Waals surface area contributed by atoms with Gasteiger partial charge in [0.25, 0.3) is 0 Å². The van der Waals surface area contributed by atoms with Crippen molar-refractivity contribution in [3.63, 3.8) is 0 Å². The maximum atomic E-state index is 14.7. The average Bonchev–Trinajstić information content (AvgIpc) is 1.57. The van der Waals surface area contributed by atoms with Crippen LogP contribution in [-0.4, -0.2) is 44.7 Å². The number of fused-ring (bicyclic) bond motifs is 13. The Kier molecular flexibility index (Phi) is 34.2. The van der Waals surface area contributed by atoms with Gasteiger partial charge in [-0.15, -0.1) is 164 Å². The van der Waals surface area contributed by atoms with E-state index in [-0.39, 0.29) is 139 Å². The van der Waals surface area contributed by atoms with E-state index in [0.29, 0.717) is 17.2 Å². The molecule has 146 heavy (non-hydrogen) atoms. The topological polar surface area (TPSA) is 108 Å². The summed E-state index contributed by atoms with van der Waals surface area (Å²) in [5.41, 5.74) is 27.1. The summed E-state index contributed by atoms with van der Waals surface area (Å²) in [4.78, 5) is 35.7. The Labute approximate surface area is 923 Å². The smallest absolute Gasteiger partial charge is 0.779 e. The van der Waals surface area contributed by atoms with Crippen LogP contribution in [0, 0.1) is 54.1 Å². The maximum Gasteiger partial charge on any atom is 2.00 e. The fraction of sp³-hybridized carbons (Fsp3) is 0.276. The molecule has 1 aliphatic heterocycles. The molecule has 8 aromatic heterocycles. The van der Waals surface area contributed by atoms with E-state index in [1.165, 1.54) is 39.9 Å². The Bertz CT molecular complexity index is 7580. The quantitative estimate of drug-likeness (QED) is 0.0671. The molecule has 0 radical (unpaired) electrons. The fourth-order valence-electron chi connectivity index (χ4n) is 18.1. The van der Waals surface area contributed by atoms with Crippen LogP contribution >= 0.6 is 0 Å². The third-order valence-corrected chi connectivity index (χ3v) is 28.0. The Morgan fingerprint density at radius 2 is 0.774 bits per heavy atom. The van der Waals surface area contributed by atoms with Gasteiger partial charge in [0.1, 0.15) is 5.82 Å². The molecule has 0 saturated heterocycles. The van der Waals surface area contributed by atoms with Crippen molar-refractivity contribution >= 4 is 12.6 Å². The number of hydrogen-bond acceptors (Lipinski definition) is 9. The van der Waals surface area contributed by atoms with Crippen LogP contribution in [0.15, 0.2) is 296 Å². The minimum absolute atomic E-state index is 0. The van der Waals surface area contributed by atoms with Crippen molar-refractivity contribution in [2.24, 2.45) is 0 Å². The van der Waals surface area contributed by atoms with E-state index in [1.807, 2.05) is 117 Å². The summed E-state index contributed by atoms with van der Waals surface area (Å²) in [6.45, 7) is 52.6. The predicted octanol–water partition coefficient (Wildman–Crippen LogP) is 31.6. The maximum absolute atomic E-state index is 14.7. The summed E-state index contributed by atoms with van der Waals surface area (Å²) in [7, 11) is 0. The first-order valence-electron chi connectivity index (χ1n) is 48.3. The summed E-state index contributed by atoms with van der Waals surface area (Å²) in [6, 6.07) is 115. The van der Waals surface area contributed by atoms with Crippen molar-refractivity contribution in [1.29, 1.82) is 0 Å². The number of pyridine rings is 7. The van der Waals surface area contributed by atoms with E-state index in [0.717, 1.165) is 153 Å². The molecule has 19 heteroatoms. The van der Waals surface area contributed by atoms with E-state index in [2.05, 4.69) is 333 Å². The third kappa shape index (κ3) is 24.4. The van der Waals surface area contributed by atoms with Crippen molar-refractivity contribution in [3.05, 3.63) is 441 Å². The first kappa shape index (κ1) is 114. The molecule has 0 atom stereocenters. The largest absolute Gasteiger partial charge is 2.00 e. The van der Waals surface area contributed by atoms with Gasteiger partial charge < -0.3 is 12.6 Å². The van der Waals surface area contributed by atoms with Crippen molar-refractivity contribution < 1.29 is 106 Å². The first-order valence-corrected chi connectivity index (χ1v) is 48.7. The zero-order chi connectivity index (χ0) is 102. The number of halogens is 5. The molecule has 17 aromatic rings. The van der Waals surface area contributed by atoms with Crippen molar-refractivity contribution in [2.75, 3.05) is 0 Å². The predicted molar refractivity (Wildman–Crippen MR) is 567 cm³/mol. The van der Waals surface area contributed by atoms with Crippen LogP contribution in [0.4, 0.5) is 22.0 Å². The first-order chi connectivity index (χ1) is 66.7. The van der Waals surface area contributed by atoms with Gasteiger partial charge in [0.05, 0.1) is 45.6 Å². The molecule has 9 nitrogen and oxygen atoms in total. The van der Waals surface area contributed by atoms with Gasteiger partial charge in [-0.3, -0.25) is 43.7 Å². The Hall–Kier alpha value is -11.1. The second-order valence-corrected chi connectivity index (χ2v) is 44.8. The summed E-state index contributed by atoms with van der Waals surface area (Å²) < 4.78 is 69.3. The zero-order valence-electron chi connectivity index (χ0n) is 86.8. The Morgan fingerprint density at radius 3 is 1.34 bits per heavy atom. The van der Waals surface area contributed by atoms with Gasteiger partial charge in [-0.2, -0.15) is 88.4 Å². The standard InChI is InChI=1S/C36H40N2.C32H30F2N2.C30H22F3N3.C29H29N2S.4Pt/c1-33(2,3)24-17-23-18-26(19-24)35(7,8)27-20-25(34(4,5)6)21-28(22-27)36(9,10)32-16-12-15-31(38-32)30-14-11-13-29(23)37-30;1-30(2,3)20-10-8-9-19(17-20)26-15-13-23-28(35-26)29-24(31(23,4)5)14-16-27(36-29)32(6,7)22-12-11-21(33)18-25(22)34;1-29(2,24-13-6-11-22(19-24)21-9-4-3-5-10-21)27-17-18-36(35-27)28-16-8-15-26(34-28)23-12-7-14-25(20-23)30(31,32)33;1-28(2,3)21-12-8-11-20(19-21)23-14-9-15-24(30-23)25-16-10-18-27(31-25)29(4,5)22-13-6-7-17-26(22)32;;;;/h11-17,19-21H,1-10H3;8,10-11,13-18H,1-7H3;3-11,14-20H,1-2H3;6-10,12-19,32H,1-5H3;;;;/q3*-2;-1;4*+2/p-1. The number of rotatable bonds is 12. The van der Waals surface area contributed by atoms with Gasteiger partial charge >= 0.3 is 90.4 Å². The van der Waals surface area contributed by atoms with E-state index in [4.69, 9.17) is 47.6 Å². The molecule has 0 amide bonds. The summed E-state index contributed by atoms with van der Waals surface area (Å²) >= 11 is 5.59. The van der Waals surface area contributed by atoms with E-state index < -0.39 is 34.2 Å². The van der Waals surface area contributed by atoms with E-state index >= 15 is 0 Å². The van der Waals surface area contributed by atoms with Crippen LogP contribution in [0.2, 0.25) is 0 Å². The van der Waals surface area contributed by atoms with Gasteiger partial charge in [-0.05, 0) is 127 Å². The molecule has 2 aliphatic rings. The van der Waals surface area contributed by atoms with Crippen LogP contribution in [0.3, 0.4) is 0 Å². The molecule has 0 spiro atoms. The Balaban J connectivity index is 0.000000172. The van der Waals surface area contributed by atoms with Gasteiger partial charge in [0.2, 0.25) is 0 Å². The SMILES string of the molecule is CC(C)(C)c1cc2[c-]c(c1)C(C)(C)c1[c-]c(cc(C(C)(C)C)c1)C(C)(C)c1cccc(n1)-c1cccc-2n1.CC(C)(C)c1cc[c-]c(-c2ccc3c(n2)-c2nc(C(C)(C)c4[c-]cc(F)cc4F)ccc2C3(C)C)c1.CC(C)(C)c1cc[c-]c(-c2cccc(-c3cccc(C(C)(C)c4ccccc4[S-])n3)n2)c1.CC(C)(c1[c-]ccc(-c2ccccc2)c1)c1ccn(-c2cccc(-c3[c-]ccc(C(F)(F)F)c3)n2)n1.[Pt+2].[Pt+2].[Pt+2].[Pt+2]. The van der Waals surface area contributed by atoms with Gasteiger partial charge in [0, 0.05) is 56.3 Å². The van der Waals surface area contributed by atoms with E-state index in [9.17, 15) is 22.0 Å². The monoisotopic (exact) mass is 2680 g/mol. The minimum Gasteiger partial charge on any atom is -0.779 e. The molecule has 1 aliphatic carbocycles. The van der Waals surface area contributed by atoms with Gasteiger partial charge in [-0.1, -0.05) is 293 Å². The molecule has 8 bridgehead atoms. The van der Waals surface area contributed by atoms with Crippen molar-refractivity contribution in [2.45, 2.75) is 231 Å². The molecule has 754 valence electrons. The van der Waals surface area contributed by atoms with Gasteiger partial charge in [-0.25, -0.2) is 4.68 Å². The summed E-state index contributed by atoms with van der Waals surface area (Å²) in [5, 5.41) is 4.77. The number of benzene rings is 9. The minimum atomic E-state index is -4.43.